The van der Waals surface area contributed by atoms with Gasteiger partial charge in [0.25, 0.3) is 5.56 Å². The molecule has 0 spiro atoms. The van der Waals surface area contributed by atoms with Crippen molar-refractivity contribution in [2.75, 3.05) is 18.4 Å². The maximum atomic E-state index is 12.3. The van der Waals surface area contributed by atoms with E-state index in [1.165, 1.54) is 5.56 Å². The van der Waals surface area contributed by atoms with Crippen molar-refractivity contribution in [1.82, 2.24) is 29.6 Å². The summed E-state index contributed by atoms with van der Waals surface area (Å²) in [6.45, 7) is 1.36. The minimum atomic E-state index is -0.157. The van der Waals surface area contributed by atoms with E-state index in [0.717, 1.165) is 36.3 Å². The van der Waals surface area contributed by atoms with Crippen LogP contribution in [0.1, 0.15) is 29.4 Å². The van der Waals surface area contributed by atoms with Crippen LogP contribution < -0.4 is 16.2 Å². The summed E-state index contributed by atoms with van der Waals surface area (Å²) in [5, 5.41) is 20.0. The molecule has 9 nitrogen and oxygen atoms in total. The summed E-state index contributed by atoms with van der Waals surface area (Å²) < 4.78 is 3.74. The van der Waals surface area contributed by atoms with Crippen LogP contribution in [-0.4, -0.2) is 37.4 Å². The first-order valence-corrected chi connectivity index (χ1v) is 11.2. The highest BCUT2D eigenvalue weighted by molar-refractivity contribution is 5.65. The molecule has 4 rings (SSSR count). The smallest absolute Gasteiger partial charge is 0.271 e. The zero-order chi connectivity index (χ0) is 23.9. The van der Waals surface area contributed by atoms with Gasteiger partial charge in [-0.15, -0.1) is 0 Å². The Labute approximate surface area is 198 Å². The number of hydrogen-bond acceptors (Lipinski definition) is 6. The Bertz CT molecular complexity index is 1330. The summed E-state index contributed by atoms with van der Waals surface area (Å²) in [4.78, 5) is 19.7. The van der Waals surface area contributed by atoms with Crippen LogP contribution in [0.3, 0.4) is 0 Å². The molecule has 0 saturated carbocycles. The fourth-order valence-electron chi connectivity index (χ4n) is 3.88. The summed E-state index contributed by atoms with van der Waals surface area (Å²) in [5.41, 5.74) is 4.04. The Morgan fingerprint density at radius 1 is 1.18 bits per heavy atom. The molecule has 0 amide bonds. The van der Waals surface area contributed by atoms with Crippen molar-refractivity contribution >= 4 is 5.69 Å². The molecular weight excluding hydrogens is 428 g/mol. The number of rotatable bonds is 10. The molecule has 3 aromatic heterocycles. The molecule has 0 aliphatic rings. The highest BCUT2D eigenvalue weighted by Gasteiger charge is 2.16. The van der Waals surface area contributed by atoms with Gasteiger partial charge in [0.05, 0.1) is 23.9 Å². The van der Waals surface area contributed by atoms with E-state index < -0.39 is 0 Å². The van der Waals surface area contributed by atoms with Crippen molar-refractivity contribution in [1.29, 1.82) is 5.26 Å². The lowest BCUT2D eigenvalue weighted by Crippen LogP contribution is -2.28. The van der Waals surface area contributed by atoms with Gasteiger partial charge in [0.15, 0.2) is 0 Å². The van der Waals surface area contributed by atoms with E-state index in [9.17, 15) is 4.79 Å². The summed E-state index contributed by atoms with van der Waals surface area (Å²) >= 11 is 0. The SMILES string of the molecule is Cn1cc(-c2c[nH]c(=O)c(NCCC(NCCc3ccc(C#N)cc3)c3nccn3C)c2)cn1. The second-order valence-electron chi connectivity index (χ2n) is 8.21. The number of pyridine rings is 1. The molecule has 3 N–H and O–H groups in total. The molecular formula is C25H28N8O. The first-order chi connectivity index (χ1) is 16.5. The number of nitrogens with zero attached hydrogens (tertiary/aromatic N) is 5. The highest BCUT2D eigenvalue weighted by Crippen LogP contribution is 2.20. The number of nitriles is 1. The molecule has 34 heavy (non-hydrogen) atoms. The van der Waals surface area contributed by atoms with Crippen LogP contribution in [0.5, 0.6) is 0 Å². The van der Waals surface area contributed by atoms with Crippen molar-refractivity contribution in [2.24, 2.45) is 14.1 Å². The Hall–Kier alpha value is -4.16. The number of benzene rings is 1. The normalized spacial score (nSPS) is 11.8. The van der Waals surface area contributed by atoms with Gasteiger partial charge in [0.1, 0.15) is 11.5 Å². The average molecular weight is 457 g/mol. The van der Waals surface area contributed by atoms with Crippen LogP contribution in [0, 0.1) is 11.3 Å². The zero-order valence-corrected chi connectivity index (χ0v) is 19.3. The number of hydrogen-bond donors (Lipinski definition) is 3. The third-order valence-electron chi connectivity index (χ3n) is 5.75. The van der Waals surface area contributed by atoms with Crippen LogP contribution in [-0.2, 0) is 20.5 Å². The third kappa shape index (κ3) is 5.60. The van der Waals surface area contributed by atoms with Gasteiger partial charge in [0.2, 0.25) is 0 Å². The first-order valence-electron chi connectivity index (χ1n) is 11.2. The highest BCUT2D eigenvalue weighted by atomic mass is 16.1. The Balaban J connectivity index is 1.39. The summed E-state index contributed by atoms with van der Waals surface area (Å²) in [6.07, 6.45) is 10.7. The van der Waals surface area contributed by atoms with Crippen LogP contribution in [0.4, 0.5) is 5.69 Å². The molecule has 3 heterocycles. The Morgan fingerprint density at radius 2 is 2.00 bits per heavy atom. The van der Waals surface area contributed by atoms with E-state index >= 15 is 0 Å². The van der Waals surface area contributed by atoms with Crippen molar-refractivity contribution in [3.63, 3.8) is 0 Å². The minimum Gasteiger partial charge on any atom is -0.381 e. The standard InChI is InChI=1S/C25H28N8O/c1-32-12-11-29-24(32)22(27-9-7-18-3-5-19(14-26)6-4-18)8-10-28-23-13-20(15-30-25(23)34)21-16-31-33(2)17-21/h3-6,11-13,15-17,22,27-28H,7-10H2,1-2H3,(H,30,34). The number of aryl methyl sites for hydroxylation is 2. The van der Waals surface area contributed by atoms with Crippen LogP contribution >= 0.6 is 0 Å². The molecule has 9 heteroatoms. The lowest BCUT2D eigenvalue weighted by atomic mass is 10.1. The predicted molar refractivity (Wildman–Crippen MR) is 131 cm³/mol. The molecule has 1 unspecified atom stereocenters. The number of aromatic amines is 1. The third-order valence-corrected chi connectivity index (χ3v) is 5.75. The van der Waals surface area contributed by atoms with E-state index in [-0.39, 0.29) is 11.6 Å². The summed E-state index contributed by atoms with van der Waals surface area (Å²) in [5.74, 6) is 0.944. The maximum Gasteiger partial charge on any atom is 0.271 e. The van der Waals surface area contributed by atoms with Gasteiger partial charge in [-0.25, -0.2) is 4.98 Å². The quantitative estimate of drug-likeness (QED) is 0.338. The molecule has 174 valence electrons. The molecule has 1 aromatic carbocycles. The van der Waals surface area contributed by atoms with Crippen molar-refractivity contribution in [3.8, 4) is 17.2 Å². The number of aromatic nitrogens is 5. The Kier molecular flexibility index (Phi) is 7.20. The van der Waals surface area contributed by atoms with Gasteiger partial charge in [-0.2, -0.15) is 10.4 Å². The van der Waals surface area contributed by atoms with Gasteiger partial charge < -0.3 is 20.2 Å². The lowest BCUT2D eigenvalue weighted by Gasteiger charge is -2.19. The molecule has 0 saturated heterocycles. The maximum absolute atomic E-state index is 12.3. The van der Waals surface area contributed by atoms with E-state index in [1.54, 1.807) is 23.3 Å². The summed E-state index contributed by atoms with van der Waals surface area (Å²) in [6, 6.07) is 11.7. The van der Waals surface area contributed by atoms with E-state index in [2.05, 4.69) is 31.8 Å². The minimum absolute atomic E-state index is 0.0199. The largest absolute Gasteiger partial charge is 0.381 e. The number of imidazole rings is 1. The molecule has 0 aliphatic heterocycles. The molecule has 1 atom stereocenters. The first kappa shape index (κ1) is 23.0. The molecule has 0 fully saturated rings. The molecule has 0 bridgehead atoms. The van der Waals surface area contributed by atoms with Crippen molar-refractivity contribution < 1.29 is 0 Å². The topological polar surface area (TPSA) is 116 Å². The zero-order valence-electron chi connectivity index (χ0n) is 19.3. The van der Waals surface area contributed by atoms with Gasteiger partial charge in [-0.1, -0.05) is 12.1 Å². The van der Waals surface area contributed by atoms with E-state index in [0.29, 0.717) is 17.8 Å². The molecule has 0 aliphatic carbocycles. The average Bonchev–Trinajstić information content (AvgIpc) is 3.47. The number of anilines is 1. The number of nitrogens with one attached hydrogen (secondary N) is 3. The van der Waals surface area contributed by atoms with Crippen LogP contribution in [0.15, 0.2) is 66.1 Å². The van der Waals surface area contributed by atoms with Crippen LogP contribution in [0.2, 0.25) is 0 Å². The second-order valence-corrected chi connectivity index (χ2v) is 8.21. The van der Waals surface area contributed by atoms with Crippen LogP contribution in [0.25, 0.3) is 11.1 Å². The fraction of sp³-hybridized carbons (Fsp3) is 0.280. The second kappa shape index (κ2) is 10.6. The van der Waals surface area contributed by atoms with Gasteiger partial charge in [-0.3, -0.25) is 9.48 Å². The van der Waals surface area contributed by atoms with Gasteiger partial charge >= 0.3 is 0 Å². The van der Waals surface area contributed by atoms with Crippen molar-refractivity contribution in [3.05, 3.63) is 88.6 Å². The monoisotopic (exact) mass is 456 g/mol. The van der Waals surface area contributed by atoms with E-state index in [1.807, 2.05) is 61.4 Å². The lowest BCUT2D eigenvalue weighted by molar-refractivity contribution is 0.478. The fourth-order valence-corrected chi connectivity index (χ4v) is 3.88. The van der Waals surface area contributed by atoms with Gasteiger partial charge in [0, 0.05) is 56.6 Å². The van der Waals surface area contributed by atoms with Crippen molar-refractivity contribution in [2.45, 2.75) is 18.9 Å². The molecule has 0 radical (unpaired) electrons. The Morgan fingerprint density at radius 3 is 2.68 bits per heavy atom. The summed E-state index contributed by atoms with van der Waals surface area (Å²) in [7, 11) is 3.84. The number of H-pyrrole nitrogens is 1. The van der Waals surface area contributed by atoms with E-state index in [4.69, 9.17) is 5.26 Å². The van der Waals surface area contributed by atoms with Gasteiger partial charge in [-0.05, 0) is 43.1 Å². The molecule has 4 aromatic rings. The predicted octanol–water partition coefficient (Wildman–Crippen LogP) is 2.76.